The summed E-state index contributed by atoms with van der Waals surface area (Å²) in [5.74, 6) is -2.09. The van der Waals surface area contributed by atoms with Crippen LogP contribution in [-0.2, 0) is 0 Å². The van der Waals surface area contributed by atoms with Gasteiger partial charge in [-0.05, 0) is 48.5 Å². The third-order valence-electron chi connectivity index (χ3n) is 6.53. The van der Waals surface area contributed by atoms with Crippen LogP contribution in [0.15, 0.2) is 60.9 Å². The Balaban J connectivity index is 1.34. The van der Waals surface area contributed by atoms with Crippen molar-refractivity contribution < 1.29 is 17.6 Å². The quantitative estimate of drug-likeness (QED) is 0.191. The van der Waals surface area contributed by atoms with Crippen molar-refractivity contribution in [2.75, 3.05) is 0 Å². The molecule has 0 aliphatic rings. The van der Waals surface area contributed by atoms with Crippen LogP contribution in [0.2, 0.25) is 0 Å². The second-order valence-electron chi connectivity index (χ2n) is 8.71. The van der Waals surface area contributed by atoms with Crippen molar-refractivity contribution in [2.24, 2.45) is 0 Å². The topological polar surface area (TPSA) is 25.8 Å². The number of pyridine rings is 2. The summed E-state index contributed by atoms with van der Waals surface area (Å²) in [6, 6.07) is 13.0. The second kappa shape index (κ2) is 8.03. The SMILES string of the molecule is Fc1cccnc1-c1sc2cc3sc4c5cc6c(F)c(-c7ncccc7F)sc6cc5sc4c3cc2c1F. The molecule has 8 rings (SSSR count). The number of hydrogen-bond acceptors (Lipinski definition) is 6. The fourth-order valence-electron chi connectivity index (χ4n) is 4.79. The van der Waals surface area contributed by atoms with E-state index in [4.69, 9.17) is 0 Å². The lowest BCUT2D eigenvalue weighted by Gasteiger charge is -1.97. The lowest BCUT2D eigenvalue weighted by Crippen LogP contribution is -1.87. The molecular formula is C28H10F4N2S4. The van der Waals surface area contributed by atoms with Gasteiger partial charge < -0.3 is 0 Å². The smallest absolute Gasteiger partial charge is 0.151 e. The van der Waals surface area contributed by atoms with Crippen LogP contribution in [0.5, 0.6) is 0 Å². The maximum atomic E-state index is 15.5. The summed E-state index contributed by atoms with van der Waals surface area (Å²) >= 11 is 5.47. The Morgan fingerprint density at radius 2 is 0.921 bits per heavy atom. The van der Waals surface area contributed by atoms with Crippen molar-refractivity contribution in [2.45, 2.75) is 0 Å². The highest BCUT2D eigenvalue weighted by molar-refractivity contribution is 7.37. The minimum absolute atomic E-state index is 0.00798. The van der Waals surface area contributed by atoms with Gasteiger partial charge >= 0.3 is 0 Å². The standard InChI is InChI=1S/C28H10F4N2S4/c29-15-3-1-5-33-23(15)27-21(31)11-7-13-19(9-17(11)37-27)35-26-14-8-12-18(10-20(14)36-25(13)26)38-28(22(12)32)24-16(30)4-2-6-34-24/h1-10H. The van der Waals surface area contributed by atoms with Gasteiger partial charge in [-0.25, -0.2) is 17.6 Å². The second-order valence-corrected chi connectivity index (χ2v) is 12.9. The van der Waals surface area contributed by atoms with E-state index in [1.165, 1.54) is 59.3 Å². The average Bonchev–Trinajstić information content (AvgIpc) is 3.63. The van der Waals surface area contributed by atoms with Crippen molar-refractivity contribution in [3.05, 3.63) is 84.2 Å². The molecule has 0 fully saturated rings. The van der Waals surface area contributed by atoms with E-state index in [-0.39, 0.29) is 21.1 Å². The third-order valence-corrected chi connectivity index (χ3v) is 11.3. The minimum atomic E-state index is -0.562. The molecule has 0 aliphatic carbocycles. The lowest BCUT2D eigenvalue weighted by molar-refractivity contribution is 0.618. The summed E-state index contributed by atoms with van der Waals surface area (Å²) in [5.41, 5.74) is 0.0160. The van der Waals surface area contributed by atoms with Gasteiger partial charge in [0.05, 0.1) is 19.2 Å². The first-order chi connectivity index (χ1) is 18.5. The summed E-state index contributed by atoms with van der Waals surface area (Å²) in [7, 11) is 0. The Kier molecular flexibility index (Phi) is 4.76. The highest BCUT2D eigenvalue weighted by atomic mass is 32.1. The van der Waals surface area contributed by atoms with E-state index >= 15 is 8.78 Å². The van der Waals surface area contributed by atoms with E-state index in [2.05, 4.69) is 9.97 Å². The predicted octanol–water partition coefficient (Wildman–Crippen LogP) is 10.4. The summed E-state index contributed by atoms with van der Waals surface area (Å²) in [6.07, 6.45) is 2.90. The van der Waals surface area contributed by atoms with Crippen molar-refractivity contribution in [3.8, 4) is 21.1 Å². The van der Waals surface area contributed by atoms with E-state index in [1.807, 2.05) is 24.3 Å². The number of rotatable bonds is 2. The highest BCUT2D eigenvalue weighted by Gasteiger charge is 2.23. The van der Waals surface area contributed by atoms with Crippen LogP contribution in [-0.4, -0.2) is 9.97 Å². The van der Waals surface area contributed by atoms with Crippen molar-refractivity contribution in [1.29, 1.82) is 0 Å². The third kappa shape index (κ3) is 3.08. The van der Waals surface area contributed by atoms with Crippen molar-refractivity contribution >= 4 is 95.1 Å². The molecule has 2 aromatic carbocycles. The molecule has 0 spiro atoms. The van der Waals surface area contributed by atoms with Gasteiger partial charge in [-0.15, -0.1) is 45.3 Å². The van der Waals surface area contributed by atoms with E-state index in [0.717, 1.165) is 29.6 Å². The van der Waals surface area contributed by atoms with Crippen LogP contribution in [0.4, 0.5) is 17.6 Å². The molecule has 0 bridgehead atoms. The number of fused-ring (bicyclic) bond motifs is 7. The van der Waals surface area contributed by atoms with Gasteiger partial charge in [-0.3, -0.25) is 9.97 Å². The molecule has 6 heterocycles. The van der Waals surface area contributed by atoms with E-state index < -0.39 is 23.3 Å². The molecule has 0 N–H and O–H groups in total. The summed E-state index contributed by atoms with van der Waals surface area (Å²) < 4.78 is 64.9. The summed E-state index contributed by atoms with van der Waals surface area (Å²) in [6.45, 7) is 0. The van der Waals surface area contributed by atoms with E-state index in [9.17, 15) is 8.78 Å². The van der Waals surface area contributed by atoms with Crippen molar-refractivity contribution in [1.82, 2.24) is 9.97 Å². The molecule has 6 aromatic heterocycles. The van der Waals surface area contributed by atoms with Crippen LogP contribution in [0, 0.1) is 23.3 Å². The molecule has 0 saturated heterocycles. The first-order valence-corrected chi connectivity index (χ1v) is 14.6. The Labute approximate surface area is 227 Å². The zero-order valence-corrected chi connectivity index (χ0v) is 22.1. The van der Waals surface area contributed by atoms with Gasteiger partial charge in [0.1, 0.15) is 23.0 Å². The summed E-state index contributed by atoms with van der Waals surface area (Å²) in [5, 5.41) is 2.66. The van der Waals surface area contributed by atoms with Crippen LogP contribution < -0.4 is 0 Å². The van der Waals surface area contributed by atoms with Crippen LogP contribution in [0.25, 0.3) is 70.9 Å². The number of thiophene rings is 4. The molecule has 38 heavy (non-hydrogen) atoms. The molecule has 10 heteroatoms. The molecule has 0 aliphatic heterocycles. The molecule has 0 unspecified atom stereocenters. The highest BCUT2D eigenvalue weighted by Crippen LogP contribution is 2.49. The molecular weight excluding hydrogens is 569 g/mol. The molecule has 0 radical (unpaired) electrons. The first-order valence-electron chi connectivity index (χ1n) is 11.3. The predicted molar refractivity (Wildman–Crippen MR) is 152 cm³/mol. The maximum Gasteiger partial charge on any atom is 0.151 e. The largest absolute Gasteiger partial charge is 0.252 e. The normalized spacial score (nSPS) is 12.2. The van der Waals surface area contributed by atoms with Gasteiger partial charge in [0.15, 0.2) is 11.6 Å². The number of halogens is 4. The fraction of sp³-hybridized carbons (Fsp3) is 0. The van der Waals surface area contributed by atoms with Gasteiger partial charge in [-0.1, -0.05) is 0 Å². The Morgan fingerprint density at radius 3 is 1.34 bits per heavy atom. The fourth-order valence-corrected chi connectivity index (χ4v) is 9.82. The Hall–Kier alpha value is -3.44. The van der Waals surface area contributed by atoms with Gasteiger partial charge in [-0.2, -0.15) is 0 Å². The van der Waals surface area contributed by atoms with Gasteiger partial charge in [0.2, 0.25) is 0 Å². The molecule has 0 amide bonds. The minimum Gasteiger partial charge on any atom is -0.252 e. The van der Waals surface area contributed by atoms with Gasteiger partial charge in [0, 0.05) is 52.7 Å². The zero-order valence-electron chi connectivity index (χ0n) is 18.8. The van der Waals surface area contributed by atoms with Crippen LogP contribution in [0.1, 0.15) is 0 Å². The first kappa shape index (κ1) is 22.5. The van der Waals surface area contributed by atoms with Crippen LogP contribution >= 0.6 is 45.3 Å². The van der Waals surface area contributed by atoms with Crippen LogP contribution in [0.3, 0.4) is 0 Å². The number of hydrogen-bond donors (Lipinski definition) is 0. The maximum absolute atomic E-state index is 15.5. The monoisotopic (exact) mass is 578 g/mol. The molecule has 0 atom stereocenters. The molecule has 184 valence electrons. The zero-order chi connectivity index (χ0) is 25.7. The van der Waals surface area contributed by atoms with E-state index in [0.29, 0.717) is 20.2 Å². The average molecular weight is 579 g/mol. The molecule has 2 nitrogen and oxygen atoms in total. The molecule has 8 aromatic rings. The van der Waals surface area contributed by atoms with Crippen molar-refractivity contribution in [3.63, 3.8) is 0 Å². The number of nitrogens with zero attached hydrogens (tertiary/aromatic N) is 2. The molecule has 0 saturated carbocycles. The Bertz CT molecular complexity index is 2100. The van der Waals surface area contributed by atoms with Gasteiger partial charge in [0.25, 0.3) is 0 Å². The number of benzene rings is 2. The number of aromatic nitrogens is 2. The van der Waals surface area contributed by atoms with E-state index in [1.54, 1.807) is 22.7 Å². The lowest BCUT2D eigenvalue weighted by atomic mass is 10.1. The Morgan fingerprint density at radius 1 is 0.500 bits per heavy atom. The summed E-state index contributed by atoms with van der Waals surface area (Å²) in [4.78, 5) is 8.45.